The lowest BCUT2D eigenvalue weighted by atomic mass is 10.0. The monoisotopic (exact) mass is 577 g/mol. The Morgan fingerprint density at radius 2 is 1.98 bits per heavy atom. The molecule has 1 aliphatic rings. The Morgan fingerprint density at radius 3 is 2.70 bits per heavy atom. The number of hydrogen-bond acceptors (Lipinski definition) is 7. The number of carbonyl (C=O) groups excluding carboxylic acids is 1. The fourth-order valence-corrected chi connectivity index (χ4v) is 4.83. The number of aromatic amines is 1. The van der Waals surface area contributed by atoms with Crippen LogP contribution in [0.5, 0.6) is 11.5 Å². The summed E-state index contributed by atoms with van der Waals surface area (Å²) < 4.78 is 102. The van der Waals surface area contributed by atoms with Crippen molar-refractivity contribution in [2.75, 3.05) is 24.7 Å². The number of carbonyl (C=O) groups is 1. The van der Waals surface area contributed by atoms with Gasteiger partial charge in [-0.25, -0.2) is 31.3 Å². The number of rotatable bonds is 9. The summed E-state index contributed by atoms with van der Waals surface area (Å²) in [6.45, 7) is -0.220. The van der Waals surface area contributed by atoms with E-state index < -0.39 is 51.6 Å². The maximum atomic E-state index is 15.1. The fraction of sp³-hybridized carbons (Fsp3) is 0.259. The Bertz CT molecular complexity index is 1780. The number of halogens is 3. The molecule has 3 heterocycles. The number of nitrogens with one attached hydrogen (secondary N) is 3. The molecule has 0 saturated carbocycles. The number of benzene rings is 2. The topological polar surface area (TPSA) is 122 Å². The Kier molecular flexibility index (Phi) is 6.74. The second-order valence-corrected chi connectivity index (χ2v) is 10.4. The number of pyridine rings is 1. The summed E-state index contributed by atoms with van der Waals surface area (Å²) in [6, 6.07) is 8.56. The minimum atomic E-state index is -4.53. The third-order valence-corrected chi connectivity index (χ3v) is 6.92. The maximum Gasteiger partial charge on any atom is 0.208 e. The summed E-state index contributed by atoms with van der Waals surface area (Å²) in [6.07, 6.45) is -0.839. The first kappa shape index (κ1) is 23.9. The zero-order chi connectivity index (χ0) is 30.9. The van der Waals surface area contributed by atoms with Crippen LogP contribution >= 0.6 is 0 Å². The van der Waals surface area contributed by atoms with E-state index in [2.05, 4.69) is 15.3 Å². The Balaban J connectivity index is 1.32. The van der Waals surface area contributed by atoms with Gasteiger partial charge in [0.2, 0.25) is 10.0 Å². The van der Waals surface area contributed by atoms with Crippen LogP contribution in [0.1, 0.15) is 32.9 Å². The van der Waals surface area contributed by atoms with Crippen LogP contribution in [0.2, 0.25) is 0 Å². The standard InChI is InChI=1S/C27H25F3N4O5S/c1-40(36,37)33-11-17-7-6-15(14-38-17)34-25-22(30)13-32-27-24(25)19(12-31-27)26(35)18-9-8-16(10-21(18)29)39-23-5-3-2-4-20(23)28/h2-5,8-10,12-13,15,17,33H,6-7,11,14H2,1H3,(H2,31,32,34)/t15-,17+/m1/s1/i1D3. The van der Waals surface area contributed by atoms with Crippen molar-refractivity contribution >= 4 is 32.5 Å². The molecule has 2 atom stereocenters. The van der Waals surface area contributed by atoms with Gasteiger partial charge in [0.05, 0.1) is 47.3 Å². The summed E-state index contributed by atoms with van der Waals surface area (Å²) >= 11 is 0. The summed E-state index contributed by atoms with van der Waals surface area (Å²) in [7, 11) is -4.53. The lowest BCUT2D eigenvalue weighted by Crippen LogP contribution is -2.40. The van der Waals surface area contributed by atoms with Crippen molar-refractivity contribution in [2.45, 2.75) is 25.0 Å². The second-order valence-electron chi connectivity index (χ2n) is 9.14. The molecule has 1 aliphatic heterocycles. The zero-order valence-corrected chi connectivity index (χ0v) is 21.5. The number of fused-ring (bicyclic) bond motifs is 1. The largest absolute Gasteiger partial charge is 0.454 e. The van der Waals surface area contributed by atoms with Crippen LogP contribution in [-0.2, 0) is 14.8 Å². The highest BCUT2D eigenvalue weighted by atomic mass is 32.2. The second kappa shape index (κ2) is 11.3. The third-order valence-electron chi connectivity index (χ3n) is 6.37. The van der Waals surface area contributed by atoms with Gasteiger partial charge < -0.3 is 19.8 Å². The molecule has 9 nitrogen and oxygen atoms in total. The number of anilines is 1. The molecule has 0 spiro atoms. The summed E-state index contributed by atoms with van der Waals surface area (Å²) in [5.41, 5.74) is -0.286. The molecule has 210 valence electrons. The quantitative estimate of drug-likeness (QED) is 0.250. The van der Waals surface area contributed by atoms with Crippen molar-refractivity contribution in [3.8, 4) is 11.5 Å². The predicted octanol–water partition coefficient (Wildman–Crippen LogP) is 4.51. The molecule has 40 heavy (non-hydrogen) atoms. The van der Waals surface area contributed by atoms with Gasteiger partial charge in [-0.05, 0) is 37.1 Å². The van der Waals surface area contributed by atoms with Gasteiger partial charge in [0, 0.05) is 29.0 Å². The molecule has 5 rings (SSSR count). The molecule has 0 radical (unpaired) electrons. The fourth-order valence-electron chi connectivity index (χ4n) is 4.42. The van der Waals surface area contributed by atoms with Gasteiger partial charge in [-0.15, -0.1) is 0 Å². The normalized spacial score (nSPS) is 19.0. The van der Waals surface area contributed by atoms with Crippen LogP contribution in [0.25, 0.3) is 11.0 Å². The van der Waals surface area contributed by atoms with Gasteiger partial charge in [-0.1, -0.05) is 12.1 Å². The highest BCUT2D eigenvalue weighted by Crippen LogP contribution is 2.33. The highest BCUT2D eigenvalue weighted by molar-refractivity contribution is 7.88. The molecule has 1 saturated heterocycles. The van der Waals surface area contributed by atoms with Gasteiger partial charge >= 0.3 is 0 Å². The number of ketones is 1. The number of nitrogens with zero attached hydrogens (tertiary/aromatic N) is 1. The molecular formula is C27H25F3N4O5S. The van der Waals surface area contributed by atoms with Crippen LogP contribution in [0.15, 0.2) is 54.9 Å². The average Bonchev–Trinajstić information content (AvgIpc) is 3.39. The highest BCUT2D eigenvalue weighted by Gasteiger charge is 2.27. The van der Waals surface area contributed by atoms with E-state index >= 15 is 8.78 Å². The third kappa shape index (κ3) is 6.11. The minimum absolute atomic E-state index is 0.0230. The van der Waals surface area contributed by atoms with E-state index in [4.69, 9.17) is 13.6 Å². The maximum absolute atomic E-state index is 15.1. The Morgan fingerprint density at radius 1 is 1.15 bits per heavy atom. The first-order valence-corrected chi connectivity index (χ1v) is 13.6. The molecule has 0 bridgehead atoms. The Labute approximate surface area is 232 Å². The first-order valence-electron chi connectivity index (χ1n) is 13.6. The van der Waals surface area contributed by atoms with Crippen LogP contribution in [0, 0.1) is 17.5 Å². The Hall–Kier alpha value is -3.94. The molecule has 2 aromatic heterocycles. The van der Waals surface area contributed by atoms with Crippen LogP contribution in [0.3, 0.4) is 0 Å². The molecule has 0 aliphatic carbocycles. The molecular weight excluding hydrogens is 549 g/mol. The van der Waals surface area contributed by atoms with E-state index in [0.717, 1.165) is 12.3 Å². The molecule has 0 amide bonds. The minimum Gasteiger partial charge on any atom is -0.454 e. The van der Waals surface area contributed by atoms with Crippen LogP contribution < -0.4 is 14.8 Å². The van der Waals surface area contributed by atoms with Crippen molar-refractivity contribution in [1.82, 2.24) is 14.7 Å². The molecule has 1 fully saturated rings. The number of H-pyrrole nitrogens is 1. The zero-order valence-electron chi connectivity index (χ0n) is 23.7. The van der Waals surface area contributed by atoms with E-state index in [1.54, 1.807) is 6.07 Å². The summed E-state index contributed by atoms with van der Waals surface area (Å²) in [5.74, 6) is -3.28. The molecule has 0 unspecified atom stereocenters. The van der Waals surface area contributed by atoms with Gasteiger partial charge in [0.15, 0.2) is 23.2 Å². The molecule has 3 N–H and O–H groups in total. The number of para-hydroxylation sites is 1. The van der Waals surface area contributed by atoms with E-state index in [1.807, 2.05) is 4.72 Å². The number of hydrogen-bond donors (Lipinski definition) is 3. The summed E-state index contributed by atoms with van der Waals surface area (Å²) in [5, 5.41) is 3.10. The van der Waals surface area contributed by atoms with Crippen molar-refractivity contribution in [3.63, 3.8) is 0 Å². The van der Waals surface area contributed by atoms with Gasteiger partial charge in [-0.2, -0.15) is 0 Å². The van der Waals surface area contributed by atoms with Crippen molar-refractivity contribution in [2.24, 2.45) is 0 Å². The van der Waals surface area contributed by atoms with E-state index in [0.29, 0.717) is 12.8 Å². The first-order chi connectivity index (χ1) is 20.3. The smallest absolute Gasteiger partial charge is 0.208 e. The lowest BCUT2D eigenvalue weighted by Gasteiger charge is -2.30. The van der Waals surface area contributed by atoms with Crippen LogP contribution in [-0.4, -0.2) is 55.7 Å². The van der Waals surface area contributed by atoms with Crippen molar-refractivity contribution < 1.29 is 40.0 Å². The van der Waals surface area contributed by atoms with Gasteiger partial charge in [0.25, 0.3) is 0 Å². The average molecular weight is 578 g/mol. The summed E-state index contributed by atoms with van der Waals surface area (Å²) in [4.78, 5) is 20.2. The van der Waals surface area contributed by atoms with Crippen molar-refractivity contribution in [3.05, 3.63) is 83.4 Å². The predicted molar refractivity (Wildman–Crippen MR) is 142 cm³/mol. The lowest BCUT2D eigenvalue weighted by molar-refractivity contribution is 0.0133. The molecule has 13 heteroatoms. The van der Waals surface area contributed by atoms with E-state index in [-0.39, 0.29) is 52.5 Å². The van der Waals surface area contributed by atoms with Crippen molar-refractivity contribution in [1.29, 1.82) is 0 Å². The SMILES string of the molecule is [2H]C([2H])([2H])S(=O)(=O)NC[C@@H]1CC[C@@H](Nc2c(F)cnc3[nH]cc(C(=O)c4ccc(Oc5ccccc5F)cc4F)c23)CO1. The number of aromatic nitrogens is 2. The molecule has 2 aromatic carbocycles. The van der Waals surface area contributed by atoms with Gasteiger partial charge in [0.1, 0.15) is 17.2 Å². The van der Waals surface area contributed by atoms with Crippen LogP contribution in [0.4, 0.5) is 18.9 Å². The number of ether oxygens (including phenoxy) is 2. The number of sulfonamides is 1. The molecule has 4 aromatic rings. The van der Waals surface area contributed by atoms with Gasteiger partial charge in [-0.3, -0.25) is 4.79 Å². The van der Waals surface area contributed by atoms with E-state index in [1.165, 1.54) is 36.5 Å². The van der Waals surface area contributed by atoms with E-state index in [9.17, 15) is 17.6 Å².